The summed E-state index contributed by atoms with van der Waals surface area (Å²) in [6, 6.07) is 19.5. The van der Waals surface area contributed by atoms with E-state index in [4.69, 9.17) is 16.3 Å². The molecule has 0 saturated carbocycles. The van der Waals surface area contributed by atoms with Gasteiger partial charge in [0.15, 0.2) is 0 Å². The smallest absolute Gasteiger partial charge is 0.271 e. The maximum Gasteiger partial charge on any atom is 0.271 e. The van der Waals surface area contributed by atoms with Crippen molar-refractivity contribution in [3.63, 3.8) is 0 Å². The van der Waals surface area contributed by atoms with Gasteiger partial charge in [0.05, 0.1) is 37.3 Å². The standard InChI is InChI=1S/C28H27ClN4O4S/c1-18-5-11-24(13-19(18)2)33(38(4,35)36)17-20-6-8-21(9-7-20)28(34)32-30-16-23-14-22-10-12-25(37-3)15-26(22)31-27(23)29/h5-16H,17H2,1-4H3,(H,32,34)/b30-16+. The number of benzene rings is 3. The van der Waals surface area contributed by atoms with Crippen LogP contribution in [0.4, 0.5) is 5.69 Å². The highest BCUT2D eigenvalue weighted by Crippen LogP contribution is 2.25. The first kappa shape index (κ1) is 27.1. The SMILES string of the molecule is COc1ccc2cc(/C=N/NC(=O)c3ccc(CN(c4ccc(C)c(C)c4)S(C)(=O)=O)cc3)c(Cl)nc2c1. The second kappa shape index (κ2) is 11.2. The number of amides is 1. The van der Waals surface area contributed by atoms with Gasteiger partial charge >= 0.3 is 0 Å². The van der Waals surface area contributed by atoms with E-state index in [1.165, 1.54) is 16.8 Å². The van der Waals surface area contributed by atoms with E-state index in [2.05, 4.69) is 15.5 Å². The zero-order chi connectivity index (χ0) is 27.4. The maximum absolute atomic E-state index is 12.6. The number of methoxy groups -OCH3 is 1. The van der Waals surface area contributed by atoms with Gasteiger partial charge in [-0.1, -0.05) is 29.8 Å². The molecule has 4 rings (SSSR count). The molecule has 8 nitrogen and oxygen atoms in total. The van der Waals surface area contributed by atoms with Gasteiger partial charge in [-0.2, -0.15) is 5.10 Å². The normalized spacial score (nSPS) is 11.6. The fourth-order valence-corrected chi connectivity index (χ4v) is 4.86. The summed E-state index contributed by atoms with van der Waals surface area (Å²) >= 11 is 6.28. The number of sulfonamides is 1. The lowest BCUT2D eigenvalue weighted by molar-refractivity contribution is 0.0955. The third-order valence-electron chi connectivity index (χ3n) is 6.10. The van der Waals surface area contributed by atoms with Crippen molar-refractivity contribution in [3.8, 4) is 5.75 Å². The number of nitrogens with one attached hydrogen (secondary N) is 1. The van der Waals surface area contributed by atoms with Gasteiger partial charge in [0.25, 0.3) is 5.91 Å². The predicted octanol–water partition coefficient (Wildman–Crippen LogP) is 5.24. The highest BCUT2D eigenvalue weighted by Gasteiger charge is 2.18. The van der Waals surface area contributed by atoms with E-state index in [1.54, 1.807) is 43.5 Å². The number of aryl methyl sites for hydroxylation is 2. The molecule has 0 saturated heterocycles. The van der Waals surface area contributed by atoms with Crippen LogP contribution in [0.5, 0.6) is 5.75 Å². The number of pyridine rings is 1. The van der Waals surface area contributed by atoms with E-state index in [9.17, 15) is 13.2 Å². The van der Waals surface area contributed by atoms with Crippen molar-refractivity contribution in [2.75, 3.05) is 17.7 Å². The Morgan fingerprint density at radius 1 is 1.05 bits per heavy atom. The molecule has 3 aromatic carbocycles. The lowest BCUT2D eigenvalue weighted by Crippen LogP contribution is -2.29. The van der Waals surface area contributed by atoms with Gasteiger partial charge in [-0.3, -0.25) is 9.10 Å². The molecule has 0 atom stereocenters. The van der Waals surface area contributed by atoms with Gasteiger partial charge in [-0.25, -0.2) is 18.8 Å². The average Bonchev–Trinajstić information content (AvgIpc) is 2.88. The largest absolute Gasteiger partial charge is 0.497 e. The second-order valence-electron chi connectivity index (χ2n) is 8.86. The Morgan fingerprint density at radius 2 is 1.79 bits per heavy atom. The first-order valence-corrected chi connectivity index (χ1v) is 13.9. The van der Waals surface area contributed by atoms with Crippen molar-refractivity contribution in [2.24, 2.45) is 5.10 Å². The van der Waals surface area contributed by atoms with E-state index in [1.807, 2.05) is 44.2 Å². The van der Waals surface area contributed by atoms with Crippen LogP contribution >= 0.6 is 11.6 Å². The molecule has 0 aliphatic heterocycles. The Balaban J connectivity index is 1.45. The fraction of sp³-hybridized carbons (Fsp3) is 0.179. The number of rotatable bonds is 8. The number of fused-ring (bicyclic) bond motifs is 1. The van der Waals surface area contributed by atoms with Crippen molar-refractivity contribution in [1.29, 1.82) is 0 Å². The lowest BCUT2D eigenvalue weighted by Gasteiger charge is -2.23. The summed E-state index contributed by atoms with van der Waals surface area (Å²) in [6.07, 6.45) is 2.61. The highest BCUT2D eigenvalue weighted by atomic mass is 35.5. The maximum atomic E-state index is 12.6. The van der Waals surface area contributed by atoms with Crippen LogP contribution in [0.15, 0.2) is 71.8 Å². The van der Waals surface area contributed by atoms with Crippen LogP contribution in [-0.2, 0) is 16.6 Å². The van der Waals surface area contributed by atoms with E-state index in [0.717, 1.165) is 22.1 Å². The Morgan fingerprint density at radius 3 is 2.45 bits per heavy atom. The molecule has 0 fully saturated rings. The Kier molecular flexibility index (Phi) is 7.99. The van der Waals surface area contributed by atoms with E-state index in [0.29, 0.717) is 28.1 Å². The molecular weight excluding hydrogens is 524 g/mol. The quantitative estimate of drug-likeness (QED) is 0.183. The molecule has 38 heavy (non-hydrogen) atoms. The van der Waals surface area contributed by atoms with Gasteiger partial charge in [0.1, 0.15) is 10.9 Å². The molecule has 0 bridgehead atoms. The molecule has 0 spiro atoms. The summed E-state index contributed by atoms with van der Waals surface area (Å²) in [6.45, 7) is 4.06. The molecule has 1 amide bonds. The number of carbonyl (C=O) groups is 1. The first-order valence-electron chi connectivity index (χ1n) is 11.7. The van der Waals surface area contributed by atoms with Gasteiger partial charge in [-0.15, -0.1) is 0 Å². The minimum absolute atomic E-state index is 0.140. The van der Waals surface area contributed by atoms with Crippen LogP contribution in [0.1, 0.15) is 32.6 Å². The number of anilines is 1. The summed E-state index contributed by atoms with van der Waals surface area (Å²) in [7, 11) is -1.94. The van der Waals surface area contributed by atoms with E-state index >= 15 is 0 Å². The van der Waals surface area contributed by atoms with Crippen LogP contribution in [0.2, 0.25) is 5.15 Å². The molecule has 1 heterocycles. The molecule has 0 unspecified atom stereocenters. The van der Waals surface area contributed by atoms with Crippen LogP contribution in [0.3, 0.4) is 0 Å². The lowest BCUT2D eigenvalue weighted by atomic mass is 10.1. The molecule has 10 heteroatoms. The van der Waals surface area contributed by atoms with Gasteiger partial charge in [0.2, 0.25) is 10.0 Å². The third-order valence-corrected chi connectivity index (χ3v) is 7.54. The molecule has 4 aromatic rings. The number of halogens is 1. The van der Waals surface area contributed by atoms with Crippen molar-refractivity contribution in [1.82, 2.24) is 10.4 Å². The molecule has 196 valence electrons. The number of hydrazone groups is 1. The summed E-state index contributed by atoms with van der Waals surface area (Å²) in [5.74, 6) is 0.256. The molecule has 0 radical (unpaired) electrons. The fourth-order valence-electron chi connectivity index (χ4n) is 3.79. The van der Waals surface area contributed by atoms with E-state index in [-0.39, 0.29) is 11.7 Å². The third kappa shape index (κ3) is 6.30. The number of hydrogen-bond acceptors (Lipinski definition) is 6. The number of hydrogen-bond donors (Lipinski definition) is 1. The Hall–Kier alpha value is -3.95. The molecular formula is C28H27ClN4O4S. The molecule has 1 N–H and O–H groups in total. The Bertz CT molecular complexity index is 1640. The number of nitrogens with zero attached hydrogens (tertiary/aromatic N) is 3. The van der Waals surface area contributed by atoms with Crippen LogP contribution in [0.25, 0.3) is 10.9 Å². The highest BCUT2D eigenvalue weighted by molar-refractivity contribution is 7.92. The number of aromatic nitrogens is 1. The first-order chi connectivity index (χ1) is 18.0. The van der Waals surface area contributed by atoms with E-state index < -0.39 is 15.9 Å². The summed E-state index contributed by atoms with van der Waals surface area (Å²) in [4.78, 5) is 16.9. The Labute approximate surface area is 227 Å². The number of ether oxygens (including phenoxy) is 1. The van der Waals surface area contributed by atoms with Gasteiger partial charge in [-0.05, 0) is 73.0 Å². The predicted molar refractivity (Wildman–Crippen MR) is 152 cm³/mol. The van der Waals surface area contributed by atoms with Crippen LogP contribution in [0, 0.1) is 13.8 Å². The van der Waals surface area contributed by atoms with Crippen LogP contribution in [-0.4, -0.2) is 38.9 Å². The zero-order valence-electron chi connectivity index (χ0n) is 21.4. The summed E-state index contributed by atoms with van der Waals surface area (Å²) < 4.78 is 31.5. The number of carbonyl (C=O) groups excluding carboxylic acids is 1. The zero-order valence-corrected chi connectivity index (χ0v) is 23.0. The van der Waals surface area contributed by atoms with Crippen molar-refractivity contribution in [2.45, 2.75) is 20.4 Å². The van der Waals surface area contributed by atoms with Gasteiger partial charge < -0.3 is 4.74 Å². The topological polar surface area (TPSA) is 101 Å². The second-order valence-corrected chi connectivity index (χ2v) is 11.1. The van der Waals surface area contributed by atoms with Crippen molar-refractivity contribution in [3.05, 3.63) is 99.7 Å². The minimum atomic E-state index is -3.52. The van der Waals surface area contributed by atoms with Crippen molar-refractivity contribution >= 4 is 50.3 Å². The average molecular weight is 551 g/mol. The monoisotopic (exact) mass is 550 g/mol. The molecule has 1 aromatic heterocycles. The van der Waals surface area contributed by atoms with Gasteiger partial charge in [0, 0.05) is 22.6 Å². The van der Waals surface area contributed by atoms with Crippen LogP contribution < -0.4 is 14.5 Å². The molecule has 0 aliphatic rings. The molecule has 0 aliphatic carbocycles. The van der Waals surface area contributed by atoms with Crippen molar-refractivity contribution < 1.29 is 17.9 Å². The summed E-state index contributed by atoms with van der Waals surface area (Å²) in [5, 5.41) is 5.11. The summed E-state index contributed by atoms with van der Waals surface area (Å²) in [5.41, 5.74) is 7.50. The minimum Gasteiger partial charge on any atom is -0.497 e.